The molecule has 7 nitrogen and oxygen atoms in total. The lowest BCUT2D eigenvalue weighted by Crippen LogP contribution is -2.45. The average Bonchev–Trinajstić information content (AvgIpc) is 3.09. The number of ether oxygens (including phenoxy) is 1. The Kier molecular flexibility index (Phi) is 5.88. The molecule has 1 aliphatic rings. The van der Waals surface area contributed by atoms with Crippen LogP contribution in [0.25, 0.3) is 0 Å². The first-order valence-electron chi connectivity index (χ1n) is 8.87. The summed E-state index contributed by atoms with van der Waals surface area (Å²) in [6, 6.07) is 12.5. The first-order valence-corrected chi connectivity index (χ1v) is 8.87. The third-order valence-corrected chi connectivity index (χ3v) is 4.37. The Morgan fingerprint density at radius 1 is 1.14 bits per heavy atom. The number of hydrogen-bond donors (Lipinski definition) is 2. The third-order valence-electron chi connectivity index (χ3n) is 4.37. The van der Waals surface area contributed by atoms with Gasteiger partial charge in [0.05, 0.1) is 18.1 Å². The molecule has 0 saturated carbocycles. The lowest BCUT2D eigenvalue weighted by atomic mass is 10.1. The molecule has 3 amide bonds. The van der Waals surface area contributed by atoms with Crippen molar-refractivity contribution in [3.8, 4) is 5.75 Å². The van der Waals surface area contributed by atoms with E-state index in [0.717, 1.165) is 6.07 Å². The van der Waals surface area contributed by atoms with Crippen LogP contribution in [0.5, 0.6) is 5.75 Å². The number of hydrazine groups is 1. The van der Waals surface area contributed by atoms with Crippen molar-refractivity contribution >= 4 is 23.4 Å². The summed E-state index contributed by atoms with van der Waals surface area (Å²) in [5.41, 5.74) is 4.93. The fraction of sp³-hybridized carbons (Fsp3) is 0.250. The van der Waals surface area contributed by atoms with Gasteiger partial charge in [-0.1, -0.05) is 12.1 Å². The highest BCUT2D eigenvalue weighted by Gasteiger charge is 2.35. The largest absolute Gasteiger partial charge is 0.494 e. The normalized spacial score (nSPS) is 16.0. The molecule has 0 radical (unpaired) electrons. The maximum absolute atomic E-state index is 13.6. The molecule has 3 rings (SSSR count). The van der Waals surface area contributed by atoms with Crippen LogP contribution in [0.3, 0.4) is 0 Å². The average molecular weight is 385 g/mol. The van der Waals surface area contributed by atoms with E-state index in [-0.39, 0.29) is 24.4 Å². The van der Waals surface area contributed by atoms with Gasteiger partial charge in [-0.2, -0.15) is 0 Å². The standard InChI is InChI=1S/C20H20FN3O4/c1-2-28-15-9-7-14(8-10-15)24-12-13(11-18(24)25)19(26)22-23-20(27)16-5-3-4-6-17(16)21/h3-10,13H,2,11-12H2,1H3,(H,22,26)(H,23,27)/t13-/m0/s1. The zero-order valence-electron chi connectivity index (χ0n) is 15.3. The molecule has 28 heavy (non-hydrogen) atoms. The molecule has 1 fully saturated rings. The quantitative estimate of drug-likeness (QED) is 0.771. The van der Waals surface area contributed by atoms with E-state index in [9.17, 15) is 18.8 Å². The minimum atomic E-state index is -0.765. The fourth-order valence-electron chi connectivity index (χ4n) is 2.95. The van der Waals surface area contributed by atoms with Crippen molar-refractivity contribution in [2.45, 2.75) is 13.3 Å². The third kappa shape index (κ3) is 4.28. The molecule has 1 atom stereocenters. The number of nitrogens with one attached hydrogen (secondary N) is 2. The molecular formula is C20H20FN3O4. The zero-order valence-corrected chi connectivity index (χ0v) is 15.3. The van der Waals surface area contributed by atoms with Crippen LogP contribution in [0.4, 0.5) is 10.1 Å². The topological polar surface area (TPSA) is 87.7 Å². The zero-order chi connectivity index (χ0) is 20.1. The maximum atomic E-state index is 13.6. The highest BCUT2D eigenvalue weighted by molar-refractivity contribution is 6.01. The van der Waals surface area contributed by atoms with Gasteiger partial charge in [0.15, 0.2) is 0 Å². The number of carbonyl (C=O) groups is 3. The second-order valence-electron chi connectivity index (χ2n) is 6.26. The van der Waals surface area contributed by atoms with Crippen LogP contribution in [0.1, 0.15) is 23.7 Å². The van der Waals surface area contributed by atoms with Gasteiger partial charge in [0, 0.05) is 18.7 Å². The Hall–Kier alpha value is -3.42. The van der Waals surface area contributed by atoms with E-state index < -0.39 is 23.5 Å². The van der Waals surface area contributed by atoms with Crippen molar-refractivity contribution in [3.05, 3.63) is 59.9 Å². The Labute approximate surface area is 161 Å². The highest BCUT2D eigenvalue weighted by atomic mass is 19.1. The van der Waals surface area contributed by atoms with Gasteiger partial charge in [0.1, 0.15) is 11.6 Å². The van der Waals surface area contributed by atoms with Gasteiger partial charge >= 0.3 is 0 Å². The Morgan fingerprint density at radius 2 is 1.86 bits per heavy atom. The minimum Gasteiger partial charge on any atom is -0.494 e. The van der Waals surface area contributed by atoms with E-state index in [1.54, 1.807) is 24.3 Å². The number of hydrogen-bond acceptors (Lipinski definition) is 4. The number of amides is 3. The Bertz CT molecular complexity index is 885. The second kappa shape index (κ2) is 8.51. The molecule has 0 unspecified atom stereocenters. The first-order chi connectivity index (χ1) is 13.5. The summed E-state index contributed by atoms with van der Waals surface area (Å²) < 4.78 is 19.0. The Morgan fingerprint density at radius 3 is 2.54 bits per heavy atom. The van der Waals surface area contributed by atoms with Crippen LogP contribution in [-0.4, -0.2) is 30.9 Å². The van der Waals surface area contributed by atoms with Crippen LogP contribution >= 0.6 is 0 Å². The van der Waals surface area contributed by atoms with Crippen LogP contribution in [0, 0.1) is 11.7 Å². The summed E-state index contributed by atoms with van der Waals surface area (Å²) in [4.78, 5) is 38.1. The lowest BCUT2D eigenvalue weighted by molar-refractivity contribution is -0.126. The predicted octanol–water partition coefficient (Wildman–Crippen LogP) is 2.04. The van der Waals surface area contributed by atoms with Gasteiger partial charge in [-0.25, -0.2) is 4.39 Å². The molecule has 1 aliphatic heterocycles. The number of anilines is 1. The molecule has 0 aliphatic carbocycles. The lowest BCUT2D eigenvalue weighted by Gasteiger charge is -2.17. The molecule has 1 saturated heterocycles. The van der Waals surface area contributed by atoms with E-state index in [2.05, 4.69) is 10.9 Å². The van der Waals surface area contributed by atoms with Gasteiger partial charge < -0.3 is 9.64 Å². The summed E-state index contributed by atoms with van der Waals surface area (Å²) in [6.07, 6.45) is 0.0224. The van der Waals surface area contributed by atoms with Crippen LogP contribution in [0.2, 0.25) is 0 Å². The summed E-state index contributed by atoms with van der Waals surface area (Å²) in [5.74, 6) is -2.08. The smallest absolute Gasteiger partial charge is 0.272 e. The molecule has 0 aromatic heterocycles. The summed E-state index contributed by atoms with van der Waals surface area (Å²) in [6.45, 7) is 2.61. The van der Waals surface area contributed by atoms with Crippen molar-refractivity contribution in [3.63, 3.8) is 0 Å². The molecule has 146 valence electrons. The monoisotopic (exact) mass is 385 g/mol. The van der Waals surface area contributed by atoms with Gasteiger partial charge in [0.25, 0.3) is 5.91 Å². The molecule has 2 N–H and O–H groups in total. The molecule has 2 aromatic carbocycles. The van der Waals surface area contributed by atoms with Crippen LogP contribution in [0.15, 0.2) is 48.5 Å². The van der Waals surface area contributed by atoms with E-state index in [0.29, 0.717) is 18.0 Å². The number of benzene rings is 2. The van der Waals surface area contributed by atoms with Crippen LogP contribution in [-0.2, 0) is 9.59 Å². The van der Waals surface area contributed by atoms with Crippen molar-refractivity contribution in [1.82, 2.24) is 10.9 Å². The minimum absolute atomic E-state index is 0.0224. The maximum Gasteiger partial charge on any atom is 0.272 e. The second-order valence-corrected chi connectivity index (χ2v) is 6.26. The summed E-state index contributed by atoms with van der Waals surface area (Å²) >= 11 is 0. The molecule has 8 heteroatoms. The molecule has 0 bridgehead atoms. The number of carbonyl (C=O) groups excluding carboxylic acids is 3. The molecule has 0 spiro atoms. The van der Waals surface area contributed by atoms with Gasteiger partial charge in [0.2, 0.25) is 11.8 Å². The van der Waals surface area contributed by atoms with Crippen molar-refractivity contribution in [2.75, 3.05) is 18.1 Å². The summed E-state index contributed by atoms with van der Waals surface area (Å²) in [5, 5.41) is 0. The van der Waals surface area contributed by atoms with E-state index >= 15 is 0 Å². The van der Waals surface area contributed by atoms with Crippen LogP contribution < -0.4 is 20.5 Å². The Balaban J connectivity index is 1.57. The highest BCUT2D eigenvalue weighted by Crippen LogP contribution is 2.27. The van der Waals surface area contributed by atoms with Gasteiger partial charge in [-0.15, -0.1) is 0 Å². The van der Waals surface area contributed by atoms with Gasteiger partial charge in [-0.3, -0.25) is 25.2 Å². The van der Waals surface area contributed by atoms with E-state index in [4.69, 9.17) is 4.74 Å². The summed E-state index contributed by atoms with van der Waals surface area (Å²) in [7, 11) is 0. The van der Waals surface area contributed by atoms with Crippen molar-refractivity contribution in [2.24, 2.45) is 5.92 Å². The van der Waals surface area contributed by atoms with E-state index in [1.807, 2.05) is 6.92 Å². The van der Waals surface area contributed by atoms with Gasteiger partial charge in [-0.05, 0) is 43.3 Å². The number of nitrogens with zero attached hydrogens (tertiary/aromatic N) is 1. The number of halogens is 1. The SMILES string of the molecule is CCOc1ccc(N2C[C@@H](C(=O)NNC(=O)c3ccccc3F)CC2=O)cc1. The molecule has 2 aromatic rings. The fourth-order valence-corrected chi connectivity index (χ4v) is 2.95. The van der Waals surface area contributed by atoms with Crippen molar-refractivity contribution in [1.29, 1.82) is 0 Å². The first kappa shape index (κ1) is 19.3. The number of rotatable bonds is 5. The van der Waals surface area contributed by atoms with Crippen molar-refractivity contribution < 1.29 is 23.5 Å². The van der Waals surface area contributed by atoms with E-state index in [1.165, 1.54) is 23.1 Å². The predicted molar refractivity (Wildman–Crippen MR) is 100 cm³/mol. The molecular weight excluding hydrogens is 365 g/mol. The molecule has 1 heterocycles.